The van der Waals surface area contributed by atoms with E-state index in [1.807, 2.05) is 13.8 Å². The number of ether oxygens (including phenoxy) is 2. The van der Waals surface area contributed by atoms with Crippen LogP contribution in [0.4, 0.5) is 4.39 Å². The standard InChI is InChI=1S/C14H14FNO4.C2H6/c1-19-6-3-7-20-12-8-11(14(17)18)16-13-9(12)4-2-5-10(13)15;1-2/h2,4-5,8H,3,6-7H2,1H3,(H,17,18);1-2H3. The number of carboxylic acid groups (broad SMARTS) is 1. The van der Waals surface area contributed by atoms with Crippen LogP contribution < -0.4 is 4.74 Å². The summed E-state index contributed by atoms with van der Waals surface area (Å²) in [6.07, 6.45) is 0.651. The fourth-order valence-electron chi connectivity index (χ4n) is 1.80. The summed E-state index contributed by atoms with van der Waals surface area (Å²) in [7, 11) is 1.58. The molecule has 0 saturated carbocycles. The zero-order chi connectivity index (χ0) is 16.5. The monoisotopic (exact) mass is 309 g/mol. The third-order valence-corrected chi connectivity index (χ3v) is 2.72. The highest BCUT2D eigenvalue weighted by Gasteiger charge is 2.14. The second-order valence-electron chi connectivity index (χ2n) is 4.14. The number of rotatable bonds is 6. The molecule has 1 aromatic carbocycles. The molecule has 5 nitrogen and oxygen atoms in total. The number of nitrogens with zero attached hydrogens (tertiary/aromatic N) is 1. The maximum Gasteiger partial charge on any atom is 0.354 e. The van der Waals surface area contributed by atoms with E-state index in [9.17, 15) is 9.18 Å². The highest BCUT2D eigenvalue weighted by molar-refractivity contribution is 5.93. The van der Waals surface area contributed by atoms with E-state index in [2.05, 4.69) is 4.98 Å². The molecule has 120 valence electrons. The predicted molar refractivity (Wildman–Crippen MR) is 82.0 cm³/mol. The fraction of sp³-hybridized carbons (Fsp3) is 0.375. The van der Waals surface area contributed by atoms with Gasteiger partial charge in [-0.25, -0.2) is 14.2 Å². The van der Waals surface area contributed by atoms with E-state index >= 15 is 0 Å². The van der Waals surface area contributed by atoms with Gasteiger partial charge in [-0.3, -0.25) is 0 Å². The Kier molecular flexibility index (Phi) is 7.25. The summed E-state index contributed by atoms with van der Waals surface area (Å²) < 4.78 is 24.1. The van der Waals surface area contributed by atoms with E-state index in [0.717, 1.165) is 0 Å². The lowest BCUT2D eigenvalue weighted by atomic mass is 10.1. The van der Waals surface area contributed by atoms with Gasteiger partial charge < -0.3 is 14.6 Å². The van der Waals surface area contributed by atoms with Gasteiger partial charge in [0.1, 0.15) is 17.1 Å². The van der Waals surface area contributed by atoms with E-state index in [4.69, 9.17) is 14.6 Å². The van der Waals surface area contributed by atoms with Crippen molar-refractivity contribution in [3.05, 3.63) is 35.8 Å². The summed E-state index contributed by atoms with van der Waals surface area (Å²) in [6.45, 7) is 4.88. The first kappa shape index (κ1) is 17.8. The number of methoxy groups -OCH3 is 1. The van der Waals surface area contributed by atoms with Crippen LogP contribution in [0.2, 0.25) is 0 Å². The Bertz CT molecular complexity index is 631. The smallest absolute Gasteiger partial charge is 0.354 e. The summed E-state index contributed by atoms with van der Waals surface area (Å²) in [4.78, 5) is 14.8. The van der Waals surface area contributed by atoms with Gasteiger partial charge in [-0.2, -0.15) is 0 Å². The second-order valence-corrected chi connectivity index (χ2v) is 4.14. The molecule has 0 fully saturated rings. The highest BCUT2D eigenvalue weighted by atomic mass is 19.1. The number of aromatic nitrogens is 1. The van der Waals surface area contributed by atoms with Crippen LogP contribution in [0, 0.1) is 5.82 Å². The maximum atomic E-state index is 13.7. The third-order valence-electron chi connectivity index (χ3n) is 2.72. The van der Waals surface area contributed by atoms with Crippen molar-refractivity contribution >= 4 is 16.9 Å². The van der Waals surface area contributed by atoms with Crippen LogP contribution in [0.15, 0.2) is 24.3 Å². The van der Waals surface area contributed by atoms with Gasteiger partial charge in [-0.15, -0.1) is 0 Å². The number of carboxylic acids is 1. The Hall–Kier alpha value is -2.21. The Labute approximate surface area is 128 Å². The van der Waals surface area contributed by atoms with Crippen LogP contribution in [0.3, 0.4) is 0 Å². The van der Waals surface area contributed by atoms with Crippen LogP contribution in [-0.4, -0.2) is 36.4 Å². The van der Waals surface area contributed by atoms with Gasteiger partial charge in [-0.1, -0.05) is 19.9 Å². The molecule has 22 heavy (non-hydrogen) atoms. The largest absolute Gasteiger partial charge is 0.493 e. The molecule has 0 aliphatic rings. The second kappa shape index (κ2) is 8.94. The number of benzene rings is 1. The third kappa shape index (κ3) is 4.39. The number of aromatic carboxylic acids is 1. The fourth-order valence-corrected chi connectivity index (χ4v) is 1.80. The first-order valence-corrected chi connectivity index (χ1v) is 7.08. The number of fused-ring (bicyclic) bond motifs is 1. The number of halogens is 1. The molecule has 0 spiro atoms. The number of para-hydroxylation sites is 1. The van der Waals surface area contributed by atoms with Crippen molar-refractivity contribution in [1.29, 1.82) is 0 Å². The molecule has 1 aromatic heterocycles. The van der Waals surface area contributed by atoms with Crippen molar-refractivity contribution in [3.63, 3.8) is 0 Å². The molecule has 6 heteroatoms. The first-order valence-electron chi connectivity index (χ1n) is 7.08. The zero-order valence-electron chi connectivity index (χ0n) is 12.9. The van der Waals surface area contributed by atoms with E-state index in [1.54, 1.807) is 13.2 Å². The van der Waals surface area contributed by atoms with Crippen molar-refractivity contribution in [2.45, 2.75) is 20.3 Å². The van der Waals surface area contributed by atoms with Gasteiger partial charge in [-0.05, 0) is 12.1 Å². The number of pyridine rings is 1. The minimum absolute atomic E-state index is 0.00542. The molecular formula is C16H20FNO4. The Morgan fingerprint density at radius 2 is 2.05 bits per heavy atom. The van der Waals surface area contributed by atoms with Gasteiger partial charge in [0.05, 0.1) is 6.61 Å². The van der Waals surface area contributed by atoms with Crippen LogP contribution in [0.5, 0.6) is 5.75 Å². The van der Waals surface area contributed by atoms with Gasteiger partial charge in [0.15, 0.2) is 5.69 Å². The first-order chi connectivity index (χ1) is 10.6. The number of carbonyl (C=O) groups is 1. The van der Waals surface area contributed by atoms with Gasteiger partial charge in [0.25, 0.3) is 0 Å². The lowest BCUT2D eigenvalue weighted by Gasteiger charge is -2.10. The molecule has 0 saturated heterocycles. The van der Waals surface area contributed by atoms with Crippen LogP contribution in [0.1, 0.15) is 30.8 Å². The summed E-state index contributed by atoms with van der Waals surface area (Å²) in [5.41, 5.74) is -0.251. The minimum atomic E-state index is -1.23. The van der Waals surface area contributed by atoms with Gasteiger partial charge in [0, 0.05) is 31.6 Å². The van der Waals surface area contributed by atoms with Crippen molar-refractivity contribution in [2.75, 3.05) is 20.3 Å². The molecule has 0 atom stereocenters. The molecule has 1 N–H and O–H groups in total. The molecule has 0 unspecified atom stereocenters. The zero-order valence-corrected chi connectivity index (χ0v) is 12.9. The van der Waals surface area contributed by atoms with E-state index < -0.39 is 11.8 Å². The Morgan fingerprint density at radius 1 is 1.32 bits per heavy atom. The van der Waals surface area contributed by atoms with Crippen LogP contribution in [0.25, 0.3) is 10.9 Å². The van der Waals surface area contributed by atoms with Crippen LogP contribution >= 0.6 is 0 Å². The van der Waals surface area contributed by atoms with E-state index in [1.165, 1.54) is 18.2 Å². The molecule has 0 amide bonds. The predicted octanol–water partition coefficient (Wildman–Crippen LogP) is 3.51. The summed E-state index contributed by atoms with van der Waals surface area (Å²) >= 11 is 0. The minimum Gasteiger partial charge on any atom is -0.493 e. The topological polar surface area (TPSA) is 68.7 Å². The SMILES string of the molecule is CC.COCCCOc1cc(C(=O)O)nc2c(F)cccc12. The Balaban J connectivity index is 0.00000116. The lowest BCUT2D eigenvalue weighted by molar-refractivity contribution is 0.0690. The molecule has 0 radical (unpaired) electrons. The molecule has 1 heterocycles. The summed E-state index contributed by atoms with van der Waals surface area (Å²) in [5, 5.41) is 9.46. The molecular weight excluding hydrogens is 289 g/mol. The van der Waals surface area contributed by atoms with Crippen molar-refractivity contribution in [2.24, 2.45) is 0 Å². The van der Waals surface area contributed by atoms with Crippen molar-refractivity contribution < 1.29 is 23.8 Å². The Morgan fingerprint density at radius 3 is 2.68 bits per heavy atom. The lowest BCUT2D eigenvalue weighted by Crippen LogP contribution is -2.06. The highest BCUT2D eigenvalue weighted by Crippen LogP contribution is 2.27. The molecule has 0 aliphatic carbocycles. The average Bonchev–Trinajstić information content (AvgIpc) is 2.53. The summed E-state index contributed by atoms with van der Waals surface area (Å²) in [6, 6.07) is 5.71. The maximum absolute atomic E-state index is 13.7. The normalized spacial score (nSPS) is 10.0. The average molecular weight is 309 g/mol. The van der Waals surface area contributed by atoms with Crippen LogP contribution in [-0.2, 0) is 4.74 Å². The number of hydrogen-bond acceptors (Lipinski definition) is 4. The van der Waals surface area contributed by atoms with E-state index in [-0.39, 0.29) is 11.2 Å². The molecule has 0 bridgehead atoms. The van der Waals surface area contributed by atoms with Gasteiger partial charge >= 0.3 is 5.97 Å². The van der Waals surface area contributed by atoms with Crippen molar-refractivity contribution in [3.8, 4) is 5.75 Å². The van der Waals surface area contributed by atoms with Crippen molar-refractivity contribution in [1.82, 2.24) is 4.98 Å². The van der Waals surface area contributed by atoms with E-state index in [0.29, 0.717) is 30.8 Å². The number of hydrogen-bond donors (Lipinski definition) is 1. The summed E-state index contributed by atoms with van der Waals surface area (Å²) in [5.74, 6) is -1.49. The molecule has 2 rings (SSSR count). The van der Waals surface area contributed by atoms with Gasteiger partial charge in [0.2, 0.25) is 0 Å². The quantitative estimate of drug-likeness (QED) is 0.827. The molecule has 2 aromatic rings. The molecule has 0 aliphatic heterocycles.